The lowest BCUT2D eigenvalue weighted by molar-refractivity contribution is 0.166. The third kappa shape index (κ3) is 4.39. The van der Waals surface area contributed by atoms with E-state index in [1.807, 2.05) is 11.8 Å². The summed E-state index contributed by atoms with van der Waals surface area (Å²) in [4.78, 5) is 1.99. The molecule has 0 aliphatic heterocycles. The molecule has 0 amide bonds. The van der Waals surface area contributed by atoms with Gasteiger partial charge in [-0.1, -0.05) is 6.92 Å². The van der Waals surface area contributed by atoms with Gasteiger partial charge in [-0.05, 0) is 6.54 Å². The van der Waals surface area contributed by atoms with Crippen molar-refractivity contribution in [3.63, 3.8) is 0 Å². The van der Waals surface area contributed by atoms with E-state index in [2.05, 4.69) is 0 Å². The molecule has 2 N–H and O–H groups in total. The molecule has 0 saturated heterocycles. The highest BCUT2D eigenvalue weighted by Gasteiger charge is 1.97. The van der Waals surface area contributed by atoms with Gasteiger partial charge in [-0.25, -0.2) is 0 Å². The Bertz CT molecular complexity index is 53.0. The summed E-state index contributed by atoms with van der Waals surface area (Å²) in [6.07, 6.45) is 0. The average Bonchev–Trinajstić information content (AvgIpc) is 1.88. The number of aliphatic hydroxyl groups excluding tert-OH is 2. The van der Waals surface area contributed by atoms with Gasteiger partial charge in [0.15, 0.2) is 0 Å². The third-order valence-corrected chi connectivity index (χ3v) is 1.28. The quantitative estimate of drug-likeness (QED) is 0.492. The average molecular weight is 137 g/mol. The van der Waals surface area contributed by atoms with E-state index in [0.29, 0.717) is 13.1 Å². The first kappa shape index (κ1) is 8.88. The highest BCUT2D eigenvalue weighted by molar-refractivity contribution is 4.51. The molecular weight excluding hydrogens is 122 g/mol. The van der Waals surface area contributed by atoms with Crippen LogP contribution in [-0.4, -0.2) is 48.0 Å². The fourth-order valence-corrected chi connectivity index (χ4v) is 0.711. The highest BCUT2D eigenvalue weighted by Crippen LogP contribution is 1.83. The molecule has 0 radical (unpaired) electrons. The number of hydrogen-bond donors (Lipinski definition) is 2. The molecule has 0 bridgehead atoms. The lowest BCUT2D eigenvalue weighted by Crippen LogP contribution is -2.29. The Morgan fingerprint density at radius 2 is 1.56 bits per heavy atom. The summed E-state index contributed by atoms with van der Waals surface area (Å²) in [6, 6.07) is 0. The Hall–Kier alpha value is -0.120. The van der Waals surface area contributed by atoms with E-state index in [0.717, 1.165) is 6.54 Å². The van der Waals surface area contributed by atoms with E-state index in [1.165, 1.54) is 0 Å². The van der Waals surface area contributed by atoms with Crippen molar-refractivity contribution in [2.24, 2.45) is 0 Å². The van der Waals surface area contributed by atoms with Crippen LogP contribution >= 0.6 is 0 Å². The van der Waals surface area contributed by atoms with Gasteiger partial charge in [0.05, 0.1) is 13.2 Å². The summed E-state index contributed by atoms with van der Waals surface area (Å²) >= 11 is 0. The lowest BCUT2D eigenvalue weighted by atomic mass is 10.7. The summed E-state index contributed by atoms with van der Waals surface area (Å²) in [5.41, 5.74) is 0. The fourth-order valence-electron chi connectivity index (χ4n) is 0.711. The molecular formula is C6H15NO2. The summed E-state index contributed by atoms with van der Waals surface area (Å²) in [5.74, 6) is 0. The molecule has 0 aromatic rings. The van der Waals surface area contributed by atoms with Crippen LogP contribution in [0.15, 0.2) is 0 Å². The van der Waals surface area contributed by atoms with Gasteiger partial charge in [-0.3, -0.25) is 4.90 Å². The second-order valence-electron chi connectivity index (χ2n) is 1.88. The molecule has 3 heteroatoms. The van der Waals surface area contributed by atoms with Crippen molar-refractivity contribution < 1.29 is 10.2 Å². The van der Waals surface area contributed by atoms with E-state index in [9.17, 15) is 0 Å². The van der Waals surface area contributed by atoms with Gasteiger partial charge in [0, 0.05) is 13.1 Å². The molecule has 9 heavy (non-hydrogen) atoms. The standard InChI is InChI=1S/C6H15NO2/c1-2-7(3-5-8)4-6-9/h8-9H,2-6H2,1H3/i3+1,4+1,5+1,6+1. The van der Waals surface area contributed by atoms with Crippen LogP contribution < -0.4 is 0 Å². The number of rotatable bonds is 5. The van der Waals surface area contributed by atoms with Gasteiger partial charge in [0.1, 0.15) is 0 Å². The van der Waals surface area contributed by atoms with E-state index in [-0.39, 0.29) is 13.2 Å². The van der Waals surface area contributed by atoms with E-state index in [4.69, 9.17) is 10.2 Å². The largest absolute Gasteiger partial charge is 0.395 e. The predicted octanol–water partition coefficient (Wildman–Crippen LogP) is -0.707. The van der Waals surface area contributed by atoms with E-state index < -0.39 is 0 Å². The van der Waals surface area contributed by atoms with Crippen LogP contribution in [0.2, 0.25) is 0 Å². The zero-order valence-corrected chi connectivity index (χ0v) is 5.88. The molecule has 0 fully saturated rings. The highest BCUT2D eigenvalue weighted by atomic mass is 16.3. The first-order valence-corrected chi connectivity index (χ1v) is 3.29. The Morgan fingerprint density at radius 3 is 1.78 bits per heavy atom. The van der Waals surface area contributed by atoms with Crippen molar-refractivity contribution >= 4 is 0 Å². The zero-order chi connectivity index (χ0) is 7.11. The summed E-state index contributed by atoms with van der Waals surface area (Å²) in [7, 11) is 0. The summed E-state index contributed by atoms with van der Waals surface area (Å²) < 4.78 is 0. The molecule has 0 aliphatic carbocycles. The van der Waals surface area contributed by atoms with E-state index >= 15 is 0 Å². The monoisotopic (exact) mass is 137 g/mol. The molecule has 0 aliphatic rings. The van der Waals surface area contributed by atoms with Crippen molar-refractivity contribution in [2.75, 3.05) is 32.8 Å². The smallest absolute Gasteiger partial charge is 0.0558 e. The maximum Gasteiger partial charge on any atom is 0.0558 e. The summed E-state index contributed by atoms with van der Waals surface area (Å²) in [5, 5.41) is 16.9. The van der Waals surface area contributed by atoms with Gasteiger partial charge in [0.25, 0.3) is 0 Å². The SMILES string of the molecule is CCN([13CH2][13CH2]O)[13CH2][13CH2]O. The molecule has 0 unspecified atom stereocenters. The normalized spacial score (nSPS) is 10.7. The van der Waals surface area contributed by atoms with Gasteiger partial charge in [-0.2, -0.15) is 0 Å². The third-order valence-electron chi connectivity index (χ3n) is 1.28. The Kier molecular flexibility index (Phi) is 5.93. The minimum atomic E-state index is 0.174. The molecule has 0 atom stereocenters. The molecule has 56 valence electrons. The number of nitrogens with zero attached hydrogens (tertiary/aromatic N) is 1. The molecule has 0 spiro atoms. The van der Waals surface area contributed by atoms with Crippen molar-refractivity contribution in [2.45, 2.75) is 6.92 Å². The van der Waals surface area contributed by atoms with Crippen molar-refractivity contribution in [3.8, 4) is 0 Å². The number of likely N-dealkylation sites (N-methyl/N-ethyl adjacent to an activating group) is 1. The minimum Gasteiger partial charge on any atom is -0.395 e. The summed E-state index contributed by atoms with van der Waals surface area (Å²) in [6.45, 7) is 4.57. The van der Waals surface area contributed by atoms with Crippen molar-refractivity contribution in [1.82, 2.24) is 4.90 Å². The second kappa shape index (κ2) is 6.01. The van der Waals surface area contributed by atoms with Gasteiger partial charge in [0.2, 0.25) is 0 Å². The van der Waals surface area contributed by atoms with E-state index in [1.54, 1.807) is 0 Å². The number of aliphatic hydroxyl groups is 2. The number of hydrogen-bond acceptors (Lipinski definition) is 3. The first-order chi connectivity index (χ1) is 4.35. The molecule has 0 rings (SSSR count). The predicted molar refractivity (Wildman–Crippen MR) is 36.3 cm³/mol. The van der Waals surface area contributed by atoms with Crippen LogP contribution in [0.5, 0.6) is 0 Å². The van der Waals surface area contributed by atoms with Crippen LogP contribution in [0.3, 0.4) is 0 Å². The Balaban J connectivity index is 3.18. The van der Waals surface area contributed by atoms with Crippen molar-refractivity contribution in [3.05, 3.63) is 0 Å². The van der Waals surface area contributed by atoms with Gasteiger partial charge >= 0.3 is 0 Å². The lowest BCUT2D eigenvalue weighted by Gasteiger charge is -2.16. The van der Waals surface area contributed by atoms with Crippen LogP contribution in [0, 0.1) is 0 Å². The zero-order valence-electron chi connectivity index (χ0n) is 5.88. The Morgan fingerprint density at radius 1 is 1.11 bits per heavy atom. The molecule has 0 saturated carbocycles. The molecule has 3 nitrogen and oxygen atoms in total. The van der Waals surface area contributed by atoms with Crippen LogP contribution in [0.4, 0.5) is 0 Å². The minimum absolute atomic E-state index is 0.174. The van der Waals surface area contributed by atoms with Gasteiger partial charge < -0.3 is 10.2 Å². The molecule has 0 aromatic heterocycles. The Labute approximate surface area is 55.9 Å². The van der Waals surface area contributed by atoms with Crippen LogP contribution in [-0.2, 0) is 0 Å². The second-order valence-corrected chi connectivity index (χ2v) is 1.88. The van der Waals surface area contributed by atoms with Crippen LogP contribution in [0.1, 0.15) is 6.92 Å². The fraction of sp³-hybridized carbons (Fsp3) is 1.00. The first-order valence-electron chi connectivity index (χ1n) is 3.29. The maximum atomic E-state index is 8.47. The topological polar surface area (TPSA) is 43.7 Å². The molecule has 0 heterocycles. The van der Waals surface area contributed by atoms with Crippen molar-refractivity contribution in [1.29, 1.82) is 0 Å². The van der Waals surface area contributed by atoms with Gasteiger partial charge in [-0.15, -0.1) is 0 Å². The van der Waals surface area contributed by atoms with Crippen LogP contribution in [0.25, 0.3) is 0 Å². The maximum absolute atomic E-state index is 8.47. The molecule has 0 aromatic carbocycles.